The molecule has 2 aromatic rings. The predicted molar refractivity (Wildman–Crippen MR) is 72.6 cm³/mol. The molecule has 0 aliphatic carbocycles. The van der Waals surface area contributed by atoms with E-state index in [1.807, 2.05) is 18.2 Å². The molecule has 0 unspecified atom stereocenters. The number of esters is 1. The van der Waals surface area contributed by atoms with E-state index >= 15 is 0 Å². The molecule has 0 saturated heterocycles. The molecule has 0 saturated carbocycles. The van der Waals surface area contributed by atoms with E-state index in [2.05, 4.69) is 15.9 Å². The van der Waals surface area contributed by atoms with Gasteiger partial charge < -0.3 is 4.74 Å². The highest BCUT2D eigenvalue weighted by molar-refractivity contribution is 9.10. The van der Waals surface area contributed by atoms with Crippen molar-refractivity contribution in [1.82, 2.24) is 0 Å². The lowest BCUT2D eigenvalue weighted by Gasteiger charge is -2.06. The number of hydrogen-bond donors (Lipinski definition) is 0. The molecule has 0 aliphatic rings. The SMILES string of the molecule is CCOC(=O)c1ccc2c(Cl)c(Br)ccc2c1. The molecule has 0 fully saturated rings. The molecule has 0 aromatic heterocycles. The topological polar surface area (TPSA) is 26.3 Å². The van der Waals surface area contributed by atoms with Crippen molar-refractivity contribution in [1.29, 1.82) is 0 Å². The van der Waals surface area contributed by atoms with Crippen LogP contribution >= 0.6 is 27.5 Å². The third-order valence-corrected chi connectivity index (χ3v) is 3.71. The van der Waals surface area contributed by atoms with Gasteiger partial charge in [0.25, 0.3) is 0 Å². The van der Waals surface area contributed by atoms with E-state index in [0.717, 1.165) is 15.2 Å². The second-order valence-electron chi connectivity index (χ2n) is 3.52. The number of rotatable bonds is 2. The van der Waals surface area contributed by atoms with E-state index in [1.165, 1.54) is 0 Å². The van der Waals surface area contributed by atoms with Crippen LogP contribution in [-0.2, 0) is 4.74 Å². The summed E-state index contributed by atoms with van der Waals surface area (Å²) in [6.45, 7) is 2.16. The van der Waals surface area contributed by atoms with Crippen molar-refractivity contribution in [3.8, 4) is 0 Å². The Morgan fingerprint density at radius 2 is 2.12 bits per heavy atom. The fraction of sp³-hybridized carbons (Fsp3) is 0.154. The fourth-order valence-electron chi connectivity index (χ4n) is 1.61. The maximum atomic E-state index is 11.6. The normalized spacial score (nSPS) is 10.5. The Morgan fingerprint density at radius 3 is 2.82 bits per heavy atom. The summed E-state index contributed by atoms with van der Waals surface area (Å²) in [7, 11) is 0. The van der Waals surface area contributed by atoms with Crippen LogP contribution in [0.15, 0.2) is 34.8 Å². The molecule has 17 heavy (non-hydrogen) atoms. The standard InChI is InChI=1S/C13H10BrClO2/c1-2-17-13(16)9-3-5-10-8(7-9)4-6-11(14)12(10)15/h3-7H,2H2,1H3. The molecule has 0 bridgehead atoms. The van der Waals surface area contributed by atoms with Gasteiger partial charge in [0, 0.05) is 9.86 Å². The van der Waals surface area contributed by atoms with Gasteiger partial charge in [-0.25, -0.2) is 4.79 Å². The molecule has 4 heteroatoms. The average molecular weight is 314 g/mol. The molecule has 0 heterocycles. The Labute approximate surface area is 113 Å². The summed E-state index contributed by atoms with van der Waals surface area (Å²) in [6, 6.07) is 9.10. The van der Waals surface area contributed by atoms with Crippen LogP contribution in [-0.4, -0.2) is 12.6 Å². The Kier molecular flexibility index (Phi) is 3.69. The minimum absolute atomic E-state index is 0.312. The molecule has 0 spiro atoms. The van der Waals surface area contributed by atoms with Crippen LogP contribution in [0.2, 0.25) is 5.02 Å². The van der Waals surface area contributed by atoms with E-state index in [4.69, 9.17) is 16.3 Å². The number of fused-ring (bicyclic) bond motifs is 1. The van der Waals surface area contributed by atoms with E-state index in [-0.39, 0.29) is 5.97 Å². The lowest BCUT2D eigenvalue weighted by Crippen LogP contribution is -2.04. The summed E-state index contributed by atoms with van der Waals surface area (Å²) in [6.07, 6.45) is 0. The molecular formula is C13H10BrClO2. The predicted octanol–water partition coefficient (Wildman–Crippen LogP) is 4.43. The molecule has 88 valence electrons. The monoisotopic (exact) mass is 312 g/mol. The van der Waals surface area contributed by atoms with Gasteiger partial charge in [0.15, 0.2) is 0 Å². The van der Waals surface area contributed by atoms with Crippen LogP contribution in [0.5, 0.6) is 0 Å². The molecule has 2 nitrogen and oxygen atoms in total. The first-order chi connectivity index (χ1) is 8.13. The average Bonchev–Trinajstić information content (AvgIpc) is 2.34. The zero-order valence-electron chi connectivity index (χ0n) is 9.17. The fourth-order valence-corrected chi connectivity index (χ4v) is 2.19. The summed E-state index contributed by atoms with van der Waals surface area (Å²) in [4.78, 5) is 11.6. The number of halogens is 2. The van der Waals surface area contributed by atoms with Gasteiger partial charge in [0.05, 0.1) is 17.2 Å². The quantitative estimate of drug-likeness (QED) is 0.767. The van der Waals surface area contributed by atoms with Crippen molar-refractivity contribution in [3.05, 3.63) is 45.4 Å². The van der Waals surface area contributed by atoms with Gasteiger partial charge in [-0.15, -0.1) is 0 Å². The summed E-state index contributed by atoms with van der Waals surface area (Å²) in [5.74, 6) is -0.312. The van der Waals surface area contributed by atoms with E-state index in [0.29, 0.717) is 17.2 Å². The highest BCUT2D eigenvalue weighted by atomic mass is 79.9. The van der Waals surface area contributed by atoms with Gasteiger partial charge in [-0.2, -0.15) is 0 Å². The van der Waals surface area contributed by atoms with Crippen LogP contribution in [0, 0.1) is 0 Å². The lowest BCUT2D eigenvalue weighted by atomic mass is 10.1. The van der Waals surface area contributed by atoms with Gasteiger partial charge in [0.2, 0.25) is 0 Å². The van der Waals surface area contributed by atoms with Crippen molar-refractivity contribution in [2.75, 3.05) is 6.61 Å². The third-order valence-electron chi connectivity index (χ3n) is 2.42. The minimum atomic E-state index is -0.312. The second kappa shape index (κ2) is 5.07. The van der Waals surface area contributed by atoms with Crippen LogP contribution in [0.3, 0.4) is 0 Å². The second-order valence-corrected chi connectivity index (χ2v) is 4.75. The van der Waals surface area contributed by atoms with Crippen molar-refractivity contribution in [2.24, 2.45) is 0 Å². The maximum absolute atomic E-state index is 11.6. The molecule has 0 atom stereocenters. The van der Waals surface area contributed by atoms with E-state index < -0.39 is 0 Å². The lowest BCUT2D eigenvalue weighted by molar-refractivity contribution is 0.0526. The Morgan fingerprint density at radius 1 is 1.35 bits per heavy atom. The van der Waals surface area contributed by atoms with Gasteiger partial charge in [-0.05, 0) is 46.4 Å². The highest BCUT2D eigenvalue weighted by Crippen LogP contribution is 2.31. The van der Waals surface area contributed by atoms with Crippen LogP contribution in [0.25, 0.3) is 10.8 Å². The summed E-state index contributed by atoms with van der Waals surface area (Å²) in [5.41, 5.74) is 0.540. The van der Waals surface area contributed by atoms with Crippen molar-refractivity contribution in [2.45, 2.75) is 6.92 Å². The van der Waals surface area contributed by atoms with E-state index in [9.17, 15) is 4.79 Å². The Hall–Kier alpha value is -1.06. The molecular weight excluding hydrogens is 303 g/mol. The summed E-state index contributed by atoms with van der Waals surface area (Å²) in [5, 5.41) is 2.48. The number of carbonyl (C=O) groups is 1. The smallest absolute Gasteiger partial charge is 0.338 e. The Bertz CT molecular complexity index is 581. The van der Waals surface area contributed by atoms with Crippen LogP contribution in [0.1, 0.15) is 17.3 Å². The first kappa shape index (κ1) is 12.4. The van der Waals surface area contributed by atoms with Crippen molar-refractivity contribution < 1.29 is 9.53 Å². The van der Waals surface area contributed by atoms with Crippen LogP contribution in [0.4, 0.5) is 0 Å². The van der Waals surface area contributed by atoms with Crippen molar-refractivity contribution in [3.63, 3.8) is 0 Å². The molecule has 2 rings (SSSR count). The minimum Gasteiger partial charge on any atom is -0.462 e. The zero-order chi connectivity index (χ0) is 12.4. The first-order valence-corrected chi connectivity index (χ1v) is 6.35. The third kappa shape index (κ3) is 2.45. The van der Waals surface area contributed by atoms with Gasteiger partial charge in [-0.3, -0.25) is 0 Å². The van der Waals surface area contributed by atoms with E-state index in [1.54, 1.807) is 19.1 Å². The number of hydrogen-bond acceptors (Lipinski definition) is 2. The van der Waals surface area contributed by atoms with Gasteiger partial charge >= 0.3 is 5.97 Å². The van der Waals surface area contributed by atoms with Crippen molar-refractivity contribution >= 4 is 44.3 Å². The van der Waals surface area contributed by atoms with Gasteiger partial charge in [0.1, 0.15) is 0 Å². The molecule has 0 amide bonds. The van der Waals surface area contributed by atoms with Crippen LogP contribution < -0.4 is 0 Å². The molecule has 2 aromatic carbocycles. The number of carbonyl (C=O) groups excluding carboxylic acids is 1. The summed E-state index contributed by atoms with van der Waals surface area (Å²) < 4.78 is 5.79. The zero-order valence-corrected chi connectivity index (χ0v) is 11.5. The van der Waals surface area contributed by atoms with Gasteiger partial charge in [-0.1, -0.05) is 23.7 Å². The first-order valence-electron chi connectivity index (χ1n) is 5.18. The number of benzene rings is 2. The highest BCUT2D eigenvalue weighted by Gasteiger charge is 2.09. The molecule has 0 aliphatic heterocycles. The summed E-state index contributed by atoms with van der Waals surface area (Å²) >= 11 is 9.52. The maximum Gasteiger partial charge on any atom is 0.338 e. The largest absolute Gasteiger partial charge is 0.462 e. The number of ether oxygens (including phenoxy) is 1. The Balaban J connectivity index is 2.52. The molecule has 0 radical (unpaired) electrons. The molecule has 0 N–H and O–H groups in total.